The van der Waals surface area contributed by atoms with Crippen molar-refractivity contribution in [2.45, 2.75) is 62.8 Å². The number of nitrogens with zero attached hydrogens (tertiary/aromatic N) is 4. The number of hydrogen-bond acceptors (Lipinski definition) is 9. The van der Waals surface area contributed by atoms with Crippen LogP contribution in [-0.2, 0) is 12.8 Å². The van der Waals surface area contributed by atoms with Gasteiger partial charge in [0.1, 0.15) is 0 Å². The number of benzene rings is 4. The zero-order valence-corrected chi connectivity index (χ0v) is 32.1. The number of carbonyl (C=O) groups excluding carboxylic acids is 2. The van der Waals surface area contributed by atoms with Gasteiger partial charge in [-0.25, -0.2) is 0 Å². The van der Waals surface area contributed by atoms with Crippen LogP contribution in [0.1, 0.15) is 65.0 Å². The van der Waals surface area contributed by atoms with E-state index in [1.165, 1.54) is 5.56 Å². The first-order valence-electron chi connectivity index (χ1n) is 18.7. The lowest BCUT2D eigenvalue weighted by molar-refractivity contribution is 0.0976. The van der Waals surface area contributed by atoms with E-state index in [1.54, 1.807) is 26.4 Å². The van der Waals surface area contributed by atoms with Crippen LogP contribution in [0, 0.1) is 0 Å². The fourth-order valence-corrected chi connectivity index (χ4v) is 8.34. The smallest absolute Gasteiger partial charge is 0.261 e. The molecule has 8 rings (SSSR count). The molecular formula is C43H46N4O6S. The van der Waals surface area contributed by atoms with E-state index >= 15 is 0 Å². The van der Waals surface area contributed by atoms with Gasteiger partial charge in [0.2, 0.25) is 0 Å². The molecule has 54 heavy (non-hydrogen) atoms. The van der Waals surface area contributed by atoms with Crippen molar-refractivity contribution in [3.05, 3.63) is 95.1 Å². The third-order valence-corrected chi connectivity index (χ3v) is 10.7. The van der Waals surface area contributed by atoms with Gasteiger partial charge in [-0.1, -0.05) is 36.4 Å². The van der Waals surface area contributed by atoms with Crippen LogP contribution in [0.3, 0.4) is 0 Å². The van der Waals surface area contributed by atoms with Gasteiger partial charge in [0.15, 0.2) is 23.0 Å². The highest BCUT2D eigenvalue weighted by Gasteiger charge is 2.41. The number of carbonyl (C=O) groups is 2. The van der Waals surface area contributed by atoms with Crippen molar-refractivity contribution in [1.29, 1.82) is 0 Å². The highest BCUT2D eigenvalue weighted by molar-refractivity contribution is 7.81. The van der Waals surface area contributed by atoms with Gasteiger partial charge in [-0.3, -0.25) is 19.5 Å². The molecule has 4 heterocycles. The van der Waals surface area contributed by atoms with Crippen molar-refractivity contribution >= 4 is 53.4 Å². The van der Waals surface area contributed by atoms with Crippen LogP contribution in [-0.4, -0.2) is 75.4 Å². The van der Waals surface area contributed by atoms with Gasteiger partial charge in [-0.2, -0.15) is 12.6 Å². The van der Waals surface area contributed by atoms with Crippen molar-refractivity contribution in [2.24, 2.45) is 4.99 Å². The van der Waals surface area contributed by atoms with E-state index in [-0.39, 0.29) is 28.6 Å². The molecule has 4 aromatic carbocycles. The summed E-state index contributed by atoms with van der Waals surface area (Å²) in [5.41, 5.74) is 6.75. The molecule has 4 aliphatic rings. The minimum atomic E-state index is -0.290. The summed E-state index contributed by atoms with van der Waals surface area (Å²) >= 11 is 4.87. The van der Waals surface area contributed by atoms with Gasteiger partial charge in [0, 0.05) is 54.0 Å². The second-order valence-corrected chi connectivity index (χ2v) is 16.2. The summed E-state index contributed by atoms with van der Waals surface area (Å²) in [6, 6.07) is 23.4. The van der Waals surface area contributed by atoms with E-state index in [9.17, 15) is 9.59 Å². The number of aliphatic imine (C=N–C) groups is 1. The first kappa shape index (κ1) is 35.8. The second-order valence-electron chi connectivity index (χ2n) is 15.0. The molecule has 0 saturated heterocycles. The molecule has 2 amide bonds. The van der Waals surface area contributed by atoms with Gasteiger partial charge < -0.3 is 28.7 Å². The normalized spacial score (nSPS) is 18.2. The molecule has 280 valence electrons. The molecule has 0 aliphatic carbocycles. The second kappa shape index (κ2) is 14.6. The highest BCUT2D eigenvalue weighted by atomic mass is 32.1. The fourth-order valence-electron chi connectivity index (χ4n) is 8.17. The maximum Gasteiger partial charge on any atom is 0.261 e. The van der Waals surface area contributed by atoms with E-state index in [4.69, 9.17) is 36.6 Å². The Kier molecular flexibility index (Phi) is 9.68. The molecule has 11 heteroatoms. The molecule has 0 spiro atoms. The molecule has 2 atom stereocenters. The Morgan fingerprint density at radius 2 is 1.31 bits per heavy atom. The minimum absolute atomic E-state index is 0.0208. The molecule has 0 saturated carbocycles. The number of hydrogen-bond donors (Lipinski definition) is 1. The molecule has 4 aromatic rings. The summed E-state index contributed by atoms with van der Waals surface area (Å²) < 4.78 is 23.7. The van der Waals surface area contributed by atoms with Crippen LogP contribution in [0.5, 0.6) is 23.0 Å². The van der Waals surface area contributed by atoms with Gasteiger partial charge in [0.25, 0.3) is 11.8 Å². The zero-order chi connectivity index (χ0) is 37.6. The number of rotatable bonds is 12. The number of methoxy groups -OCH3 is 2. The van der Waals surface area contributed by atoms with Gasteiger partial charge >= 0.3 is 0 Å². The number of ether oxygens (including phenoxy) is 4. The van der Waals surface area contributed by atoms with E-state index in [0.717, 1.165) is 54.7 Å². The van der Waals surface area contributed by atoms with Gasteiger partial charge in [-0.05, 0) is 74.9 Å². The standard InChI is InChI=1S/C43H46N4O6S/c1-43(2,54)26-45-25-30-19-28-13-7-9-15-35(28)47(30)42(49)32-21-38(51-4)40(23-36(32)45)53-17-11-5-10-16-52-39-22-33-31(20-37(39)50-3)41(48)46-29(24-44-33)18-27-12-6-8-14-34(27)46/h6-9,12-15,20-24,29-30,54H,5,10-11,16-19,25-26H2,1-4H3/t29-,30-/m0/s1. The molecule has 0 aromatic heterocycles. The summed E-state index contributed by atoms with van der Waals surface area (Å²) in [6.45, 7) is 6.47. The molecule has 0 fully saturated rings. The maximum atomic E-state index is 14.2. The number of anilines is 3. The van der Waals surface area contributed by atoms with Crippen molar-refractivity contribution < 1.29 is 28.5 Å². The van der Waals surface area contributed by atoms with Crippen molar-refractivity contribution in [3.8, 4) is 23.0 Å². The van der Waals surface area contributed by atoms with Crippen molar-refractivity contribution in [3.63, 3.8) is 0 Å². The summed E-state index contributed by atoms with van der Waals surface area (Å²) in [7, 11) is 3.19. The van der Waals surface area contributed by atoms with E-state index < -0.39 is 0 Å². The molecule has 10 nitrogen and oxygen atoms in total. The molecule has 0 radical (unpaired) electrons. The van der Waals surface area contributed by atoms with Crippen molar-refractivity contribution in [2.75, 3.05) is 55.2 Å². The first-order chi connectivity index (χ1) is 26.1. The number of thiol groups is 1. The number of amides is 2. The Hall–Kier alpha value is -5.16. The Bertz CT molecular complexity index is 2130. The average molecular weight is 747 g/mol. The molecule has 0 N–H and O–H groups in total. The van der Waals surface area contributed by atoms with Crippen LogP contribution in [0.4, 0.5) is 22.7 Å². The SMILES string of the molecule is COc1cc2c(cc1OCCCCCOc1cc3c(cc1OC)C(=O)N1c4ccccc4C[C@H]1CN3CC(C)(C)S)N=C[C@@H]1Cc3ccccc3N1C2=O. The first-order valence-corrected chi connectivity index (χ1v) is 19.1. The molecular weight excluding hydrogens is 701 g/mol. The Morgan fingerprint density at radius 3 is 1.98 bits per heavy atom. The summed E-state index contributed by atoms with van der Waals surface area (Å²) in [5.74, 6) is 2.08. The predicted octanol–water partition coefficient (Wildman–Crippen LogP) is 7.72. The quantitative estimate of drug-likeness (QED) is 0.117. The third kappa shape index (κ3) is 6.74. The van der Waals surface area contributed by atoms with Gasteiger partial charge in [0.05, 0.1) is 62.0 Å². The lowest BCUT2D eigenvalue weighted by atomic mass is 10.1. The number of unbranched alkanes of at least 4 members (excludes halogenated alkanes) is 2. The maximum absolute atomic E-state index is 14.2. The van der Waals surface area contributed by atoms with Crippen LogP contribution in [0.15, 0.2) is 77.8 Å². The van der Waals surface area contributed by atoms with Crippen LogP contribution in [0.25, 0.3) is 0 Å². The van der Waals surface area contributed by atoms with E-state index in [0.29, 0.717) is 66.1 Å². The molecule has 0 unspecified atom stereocenters. The monoisotopic (exact) mass is 746 g/mol. The third-order valence-electron chi connectivity index (χ3n) is 10.6. The van der Waals surface area contributed by atoms with Crippen LogP contribution in [0.2, 0.25) is 0 Å². The zero-order valence-electron chi connectivity index (χ0n) is 31.2. The highest BCUT2D eigenvalue weighted by Crippen LogP contribution is 2.44. The van der Waals surface area contributed by atoms with E-state index in [1.807, 2.05) is 64.5 Å². The lowest BCUT2D eigenvalue weighted by Crippen LogP contribution is -2.44. The predicted molar refractivity (Wildman–Crippen MR) is 216 cm³/mol. The lowest BCUT2D eigenvalue weighted by Gasteiger charge is -2.33. The Balaban J connectivity index is 0.909. The molecule has 4 aliphatic heterocycles. The van der Waals surface area contributed by atoms with E-state index in [2.05, 4.69) is 30.9 Å². The van der Waals surface area contributed by atoms with Crippen LogP contribution >= 0.6 is 12.6 Å². The number of fused-ring (bicyclic) bond motifs is 8. The van der Waals surface area contributed by atoms with Crippen LogP contribution < -0.4 is 33.6 Å². The summed E-state index contributed by atoms with van der Waals surface area (Å²) in [5, 5.41) is 0. The van der Waals surface area contributed by atoms with Gasteiger partial charge in [-0.15, -0.1) is 0 Å². The fraction of sp³-hybridized carbons (Fsp3) is 0.372. The topological polar surface area (TPSA) is 93.1 Å². The Labute approximate surface area is 322 Å². The summed E-state index contributed by atoms with van der Waals surface area (Å²) in [6.07, 6.45) is 5.85. The largest absolute Gasteiger partial charge is 0.493 e. The molecule has 0 bridgehead atoms. The van der Waals surface area contributed by atoms with Crippen molar-refractivity contribution in [1.82, 2.24) is 0 Å². The minimum Gasteiger partial charge on any atom is -0.493 e. The number of para-hydroxylation sites is 2. The summed E-state index contributed by atoms with van der Waals surface area (Å²) in [4.78, 5) is 38.7. The Morgan fingerprint density at radius 1 is 0.722 bits per heavy atom. The average Bonchev–Trinajstić information content (AvgIpc) is 3.65.